The Morgan fingerprint density at radius 1 is 1.29 bits per heavy atom. The molecule has 0 unspecified atom stereocenters. The van der Waals surface area contributed by atoms with E-state index >= 15 is 0 Å². The molecule has 0 aliphatic carbocycles. The molecule has 0 aliphatic heterocycles. The van der Waals surface area contributed by atoms with E-state index in [2.05, 4.69) is 20.9 Å². The number of aromatic nitrogens is 1. The molecule has 0 fully saturated rings. The van der Waals surface area contributed by atoms with Crippen LogP contribution < -0.4 is 9.47 Å². The van der Waals surface area contributed by atoms with Crippen LogP contribution in [0.4, 0.5) is 4.39 Å². The lowest BCUT2D eigenvalue weighted by molar-refractivity contribution is 0.296. The molecule has 0 spiro atoms. The number of methoxy groups -OCH3 is 1. The number of halogens is 2. The van der Waals surface area contributed by atoms with E-state index in [1.54, 1.807) is 19.4 Å². The molecule has 0 saturated heterocycles. The number of alkyl halides is 1. The number of rotatable bonds is 5. The Bertz CT molecular complexity index is 646. The quantitative estimate of drug-likeness (QED) is 0.750. The first-order valence-electron chi connectivity index (χ1n) is 6.53. The van der Waals surface area contributed by atoms with Gasteiger partial charge < -0.3 is 9.47 Å². The molecular weight excluding hydrogens is 337 g/mol. The summed E-state index contributed by atoms with van der Waals surface area (Å²) in [4.78, 5) is 4.38. The van der Waals surface area contributed by atoms with Gasteiger partial charge in [-0.2, -0.15) is 0 Å². The lowest BCUT2D eigenvalue weighted by Gasteiger charge is -2.14. The summed E-state index contributed by atoms with van der Waals surface area (Å²) in [7, 11) is 1.64. The summed E-state index contributed by atoms with van der Waals surface area (Å²) in [5.74, 6) is 1.19. The fourth-order valence-electron chi connectivity index (χ4n) is 2.16. The second-order valence-electron chi connectivity index (χ2n) is 4.72. The van der Waals surface area contributed by atoms with Crippen molar-refractivity contribution in [1.82, 2.24) is 4.98 Å². The van der Waals surface area contributed by atoms with Gasteiger partial charge in [-0.05, 0) is 32.0 Å². The monoisotopic (exact) mass is 353 g/mol. The maximum Gasteiger partial charge on any atom is 0.131 e. The van der Waals surface area contributed by atoms with Crippen LogP contribution in [0.2, 0.25) is 0 Å². The summed E-state index contributed by atoms with van der Waals surface area (Å²) < 4.78 is 24.4. The third-order valence-corrected chi connectivity index (χ3v) is 3.88. The topological polar surface area (TPSA) is 31.4 Å². The first-order chi connectivity index (χ1) is 10.1. The van der Waals surface area contributed by atoms with Gasteiger partial charge in [0.05, 0.1) is 12.8 Å². The van der Waals surface area contributed by atoms with E-state index in [0.717, 1.165) is 28.1 Å². The normalized spacial score (nSPS) is 10.5. The second kappa shape index (κ2) is 6.89. The average Bonchev–Trinajstić information content (AvgIpc) is 2.48. The molecule has 1 aromatic carbocycles. The molecule has 5 heteroatoms. The summed E-state index contributed by atoms with van der Waals surface area (Å²) >= 11 is 3.33. The third-order valence-electron chi connectivity index (χ3n) is 3.28. The number of hydrogen-bond acceptors (Lipinski definition) is 3. The molecule has 2 aromatic rings. The number of hydrogen-bond donors (Lipinski definition) is 0. The van der Waals surface area contributed by atoms with E-state index in [4.69, 9.17) is 9.47 Å². The molecule has 0 N–H and O–H groups in total. The zero-order valence-electron chi connectivity index (χ0n) is 12.2. The first-order valence-corrected chi connectivity index (χ1v) is 7.65. The average molecular weight is 354 g/mol. The number of nitrogens with zero attached hydrogens (tertiary/aromatic N) is 1. The maximum absolute atomic E-state index is 13.2. The minimum absolute atomic E-state index is 0.275. The highest BCUT2D eigenvalue weighted by Crippen LogP contribution is 2.27. The Balaban J connectivity index is 2.21. The SMILES string of the molecule is COc1c(C)cnc(COc2ccc(F)cc2CBr)c1C. The molecule has 2 rings (SSSR count). The molecule has 0 bridgehead atoms. The zero-order chi connectivity index (χ0) is 15.4. The van der Waals surface area contributed by atoms with E-state index in [9.17, 15) is 4.39 Å². The summed E-state index contributed by atoms with van der Waals surface area (Å²) in [5, 5.41) is 0.531. The van der Waals surface area contributed by atoms with E-state index in [1.165, 1.54) is 12.1 Å². The molecule has 0 saturated carbocycles. The highest BCUT2D eigenvalue weighted by molar-refractivity contribution is 9.08. The van der Waals surface area contributed by atoms with Gasteiger partial charge in [-0.3, -0.25) is 4.98 Å². The molecule has 0 radical (unpaired) electrons. The van der Waals surface area contributed by atoms with Crippen molar-refractivity contribution in [3.63, 3.8) is 0 Å². The molecule has 0 atom stereocenters. The van der Waals surface area contributed by atoms with E-state index in [0.29, 0.717) is 17.7 Å². The smallest absolute Gasteiger partial charge is 0.131 e. The molecule has 112 valence electrons. The Morgan fingerprint density at radius 2 is 2.05 bits per heavy atom. The van der Waals surface area contributed by atoms with E-state index < -0.39 is 0 Å². The Kier molecular flexibility index (Phi) is 5.17. The summed E-state index contributed by atoms with van der Waals surface area (Å²) in [6.45, 7) is 4.22. The molecule has 3 nitrogen and oxygen atoms in total. The van der Waals surface area contributed by atoms with Gasteiger partial charge in [-0.15, -0.1) is 0 Å². The van der Waals surface area contributed by atoms with Gasteiger partial charge in [0.25, 0.3) is 0 Å². The predicted octanol–water partition coefficient (Wildman–Crippen LogP) is 4.32. The van der Waals surface area contributed by atoms with Crippen LogP contribution in [0.5, 0.6) is 11.5 Å². The van der Waals surface area contributed by atoms with Crippen LogP contribution >= 0.6 is 15.9 Å². The van der Waals surface area contributed by atoms with Crippen LogP contribution in [0.3, 0.4) is 0 Å². The van der Waals surface area contributed by atoms with Gasteiger partial charge in [0.1, 0.15) is 23.9 Å². The van der Waals surface area contributed by atoms with Crippen molar-refractivity contribution in [2.75, 3.05) is 7.11 Å². The fraction of sp³-hybridized carbons (Fsp3) is 0.312. The van der Waals surface area contributed by atoms with Gasteiger partial charge >= 0.3 is 0 Å². The Labute approximate surface area is 132 Å². The molecular formula is C16H17BrFNO2. The molecule has 21 heavy (non-hydrogen) atoms. The predicted molar refractivity (Wildman–Crippen MR) is 83.6 cm³/mol. The van der Waals surface area contributed by atoms with Crippen molar-refractivity contribution in [2.45, 2.75) is 25.8 Å². The van der Waals surface area contributed by atoms with Crippen molar-refractivity contribution in [2.24, 2.45) is 0 Å². The molecule has 0 amide bonds. The highest BCUT2D eigenvalue weighted by atomic mass is 79.9. The van der Waals surface area contributed by atoms with Crippen molar-refractivity contribution < 1.29 is 13.9 Å². The van der Waals surface area contributed by atoms with Crippen LogP contribution in [-0.4, -0.2) is 12.1 Å². The minimum atomic E-state index is -0.275. The minimum Gasteiger partial charge on any atom is -0.496 e. The van der Waals surface area contributed by atoms with E-state index in [1.807, 2.05) is 13.8 Å². The van der Waals surface area contributed by atoms with Gasteiger partial charge in [-0.25, -0.2) is 4.39 Å². The largest absolute Gasteiger partial charge is 0.496 e. The summed E-state index contributed by atoms with van der Waals surface area (Å²) in [5.41, 5.74) is 3.52. The van der Waals surface area contributed by atoms with Crippen molar-refractivity contribution in [3.8, 4) is 11.5 Å². The molecule has 1 heterocycles. The number of benzene rings is 1. The van der Waals surface area contributed by atoms with Crippen molar-refractivity contribution in [1.29, 1.82) is 0 Å². The Hall–Kier alpha value is -1.62. The van der Waals surface area contributed by atoms with E-state index in [-0.39, 0.29) is 5.82 Å². The Morgan fingerprint density at radius 3 is 2.71 bits per heavy atom. The van der Waals surface area contributed by atoms with Crippen molar-refractivity contribution >= 4 is 15.9 Å². The van der Waals surface area contributed by atoms with Gasteiger partial charge in [0.15, 0.2) is 0 Å². The maximum atomic E-state index is 13.2. The molecule has 1 aromatic heterocycles. The van der Waals surface area contributed by atoms with Crippen LogP contribution in [0, 0.1) is 19.7 Å². The standard InChI is InChI=1S/C16H17BrFNO2/c1-10-8-19-14(11(2)16(10)20-3)9-21-15-5-4-13(18)6-12(15)7-17/h4-6,8H,7,9H2,1-3H3. The lowest BCUT2D eigenvalue weighted by Crippen LogP contribution is -2.05. The van der Waals surface area contributed by atoms with Gasteiger partial charge in [-0.1, -0.05) is 15.9 Å². The number of ether oxygens (including phenoxy) is 2. The van der Waals surface area contributed by atoms with Crippen LogP contribution in [-0.2, 0) is 11.9 Å². The lowest BCUT2D eigenvalue weighted by atomic mass is 10.1. The van der Waals surface area contributed by atoms with Crippen LogP contribution in [0.15, 0.2) is 24.4 Å². The highest BCUT2D eigenvalue weighted by Gasteiger charge is 2.11. The number of pyridine rings is 1. The summed E-state index contributed by atoms with van der Waals surface area (Å²) in [6, 6.07) is 4.48. The van der Waals surface area contributed by atoms with Crippen molar-refractivity contribution in [3.05, 3.63) is 52.6 Å². The number of aryl methyl sites for hydroxylation is 1. The molecule has 0 aliphatic rings. The van der Waals surface area contributed by atoms with Gasteiger partial charge in [0, 0.05) is 28.2 Å². The fourth-order valence-corrected chi connectivity index (χ4v) is 2.59. The summed E-state index contributed by atoms with van der Waals surface area (Å²) in [6.07, 6.45) is 1.76. The second-order valence-corrected chi connectivity index (χ2v) is 5.28. The third kappa shape index (κ3) is 3.53. The zero-order valence-corrected chi connectivity index (χ0v) is 13.8. The van der Waals surface area contributed by atoms with Gasteiger partial charge in [0.2, 0.25) is 0 Å². The van der Waals surface area contributed by atoms with Crippen LogP contribution in [0.25, 0.3) is 0 Å². The van der Waals surface area contributed by atoms with Crippen LogP contribution in [0.1, 0.15) is 22.4 Å². The first kappa shape index (κ1) is 15.8.